The fraction of sp³-hybridized carbons (Fsp3) is 0.316. The molecule has 3 heterocycles. The van der Waals surface area contributed by atoms with E-state index in [4.69, 9.17) is 0 Å². The van der Waals surface area contributed by atoms with E-state index in [0.717, 1.165) is 54.1 Å². The maximum absolute atomic E-state index is 12.5. The summed E-state index contributed by atoms with van der Waals surface area (Å²) in [5.74, 6) is -0.185. The molecule has 140 valence electrons. The zero-order valence-corrected chi connectivity index (χ0v) is 16.2. The Bertz CT molecular complexity index is 940. The molecule has 0 atom stereocenters. The maximum Gasteiger partial charge on any atom is 0.275 e. The summed E-state index contributed by atoms with van der Waals surface area (Å²) in [4.78, 5) is 23.5. The van der Waals surface area contributed by atoms with Crippen molar-refractivity contribution in [1.29, 1.82) is 0 Å². The number of carbonyl (C=O) groups is 1. The summed E-state index contributed by atoms with van der Waals surface area (Å²) < 4.78 is 2.03. The van der Waals surface area contributed by atoms with Gasteiger partial charge in [0.05, 0.1) is 12.0 Å². The first-order valence-electron chi connectivity index (χ1n) is 8.95. The van der Waals surface area contributed by atoms with Gasteiger partial charge in [0.1, 0.15) is 5.69 Å². The van der Waals surface area contributed by atoms with Crippen LogP contribution < -0.4 is 15.5 Å². The van der Waals surface area contributed by atoms with Crippen molar-refractivity contribution in [3.05, 3.63) is 53.1 Å². The second-order valence-corrected chi connectivity index (χ2v) is 7.38. The molecule has 4 rings (SSSR count). The topological polar surface area (TPSA) is 75.1 Å². The zero-order valence-electron chi connectivity index (χ0n) is 15.4. The number of amides is 1. The third-order valence-corrected chi connectivity index (χ3v) is 5.67. The molecule has 2 aromatic heterocycles. The number of hydrogen-bond donors (Lipinski definition) is 2. The van der Waals surface area contributed by atoms with Crippen molar-refractivity contribution >= 4 is 28.1 Å². The average molecular weight is 382 g/mol. The Labute approximate surface area is 162 Å². The van der Waals surface area contributed by atoms with Gasteiger partial charge in [-0.15, -0.1) is 11.3 Å². The molecule has 1 amide bonds. The molecule has 0 bridgehead atoms. The van der Waals surface area contributed by atoms with Crippen molar-refractivity contribution in [2.75, 3.05) is 36.4 Å². The Morgan fingerprint density at radius 1 is 1.19 bits per heavy atom. The lowest BCUT2D eigenvalue weighted by Gasteiger charge is -2.26. The lowest BCUT2D eigenvalue weighted by molar-refractivity contribution is 0.102. The Kier molecular flexibility index (Phi) is 4.91. The van der Waals surface area contributed by atoms with E-state index in [9.17, 15) is 4.79 Å². The summed E-state index contributed by atoms with van der Waals surface area (Å²) in [5, 5.41) is 8.96. The van der Waals surface area contributed by atoms with Gasteiger partial charge in [-0.25, -0.2) is 9.97 Å². The van der Waals surface area contributed by atoms with Crippen LogP contribution in [-0.2, 0) is 0 Å². The number of imidazole rings is 1. The molecule has 0 aliphatic carbocycles. The summed E-state index contributed by atoms with van der Waals surface area (Å²) >= 11 is 1.51. The van der Waals surface area contributed by atoms with Gasteiger partial charge in [-0.05, 0) is 38.1 Å². The fourth-order valence-electron chi connectivity index (χ4n) is 3.03. The molecule has 0 saturated carbocycles. The number of nitrogens with one attached hydrogen (secondary N) is 2. The van der Waals surface area contributed by atoms with Crippen LogP contribution in [0.1, 0.15) is 21.9 Å². The highest BCUT2D eigenvalue weighted by Gasteiger charge is 2.17. The standard InChI is InChI=1S/C19H22N6OS/c1-13-14(2)25(12-21-13)16-5-3-15(4-6-16)22-18(26)17-11-27-19(23-17)24-9-7-20-8-10-24/h3-6,11-12,20H,7-10H2,1-2H3,(H,22,26). The number of benzene rings is 1. The van der Waals surface area contributed by atoms with E-state index in [2.05, 4.69) is 25.5 Å². The van der Waals surface area contributed by atoms with Gasteiger partial charge in [-0.2, -0.15) is 0 Å². The van der Waals surface area contributed by atoms with E-state index < -0.39 is 0 Å². The van der Waals surface area contributed by atoms with Crippen LogP contribution in [0, 0.1) is 13.8 Å². The Morgan fingerprint density at radius 2 is 1.93 bits per heavy atom. The molecular formula is C19H22N6OS. The predicted octanol–water partition coefficient (Wildman–Crippen LogP) is 2.61. The molecule has 0 unspecified atom stereocenters. The highest BCUT2D eigenvalue weighted by atomic mass is 32.1. The third-order valence-electron chi connectivity index (χ3n) is 4.77. The van der Waals surface area contributed by atoms with Crippen LogP contribution in [0.4, 0.5) is 10.8 Å². The predicted molar refractivity (Wildman–Crippen MR) is 108 cm³/mol. The van der Waals surface area contributed by atoms with Gasteiger partial charge in [0, 0.05) is 48.6 Å². The van der Waals surface area contributed by atoms with Crippen LogP contribution in [0.15, 0.2) is 36.0 Å². The number of rotatable bonds is 4. The van der Waals surface area contributed by atoms with E-state index in [1.54, 1.807) is 0 Å². The number of nitrogens with zero attached hydrogens (tertiary/aromatic N) is 4. The minimum Gasteiger partial charge on any atom is -0.346 e. The number of aromatic nitrogens is 3. The molecule has 8 heteroatoms. The zero-order chi connectivity index (χ0) is 18.8. The van der Waals surface area contributed by atoms with E-state index in [1.807, 2.05) is 54.4 Å². The fourth-order valence-corrected chi connectivity index (χ4v) is 3.89. The van der Waals surface area contributed by atoms with Gasteiger partial charge < -0.3 is 20.1 Å². The summed E-state index contributed by atoms with van der Waals surface area (Å²) in [6.45, 7) is 7.76. The van der Waals surface area contributed by atoms with Gasteiger partial charge in [-0.1, -0.05) is 0 Å². The van der Waals surface area contributed by atoms with Crippen molar-refractivity contribution in [3.8, 4) is 5.69 Å². The molecule has 1 aliphatic heterocycles. The smallest absolute Gasteiger partial charge is 0.275 e. The van der Waals surface area contributed by atoms with Crippen LogP contribution in [0.5, 0.6) is 0 Å². The summed E-state index contributed by atoms with van der Waals surface area (Å²) in [5.41, 5.74) is 4.33. The van der Waals surface area contributed by atoms with Crippen LogP contribution in [0.2, 0.25) is 0 Å². The van der Waals surface area contributed by atoms with Gasteiger partial charge >= 0.3 is 0 Å². The van der Waals surface area contributed by atoms with Crippen molar-refractivity contribution in [2.24, 2.45) is 0 Å². The largest absolute Gasteiger partial charge is 0.346 e. The van der Waals surface area contributed by atoms with E-state index in [1.165, 1.54) is 11.3 Å². The molecule has 1 aliphatic rings. The molecule has 0 spiro atoms. The first-order valence-corrected chi connectivity index (χ1v) is 9.83. The molecule has 1 aromatic carbocycles. The first kappa shape index (κ1) is 17.7. The lowest BCUT2D eigenvalue weighted by Crippen LogP contribution is -2.43. The number of thiazole rings is 1. The van der Waals surface area contributed by atoms with Crippen LogP contribution >= 0.6 is 11.3 Å². The number of anilines is 2. The number of aryl methyl sites for hydroxylation is 1. The Balaban J connectivity index is 1.44. The van der Waals surface area contributed by atoms with Crippen molar-refractivity contribution in [2.45, 2.75) is 13.8 Å². The average Bonchev–Trinajstić information content (AvgIpc) is 3.31. The minimum atomic E-state index is -0.185. The molecule has 7 nitrogen and oxygen atoms in total. The summed E-state index contributed by atoms with van der Waals surface area (Å²) in [7, 11) is 0. The SMILES string of the molecule is Cc1ncn(-c2ccc(NC(=O)c3csc(N4CCNCC4)n3)cc2)c1C. The van der Waals surface area contributed by atoms with Gasteiger partial charge in [0.2, 0.25) is 0 Å². The van der Waals surface area contributed by atoms with E-state index in [-0.39, 0.29) is 5.91 Å². The molecule has 0 radical (unpaired) electrons. The lowest BCUT2D eigenvalue weighted by atomic mass is 10.2. The van der Waals surface area contributed by atoms with E-state index >= 15 is 0 Å². The normalized spacial score (nSPS) is 14.4. The van der Waals surface area contributed by atoms with Crippen LogP contribution in [-0.4, -0.2) is 46.6 Å². The molecule has 27 heavy (non-hydrogen) atoms. The van der Waals surface area contributed by atoms with E-state index in [0.29, 0.717) is 5.69 Å². The second-order valence-electron chi connectivity index (χ2n) is 6.54. The van der Waals surface area contributed by atoms with Gasteiger partial charge in [-0.3, -0.25) is 4.79 Å². The highest BCUT2D eigenvalue weighted by molar-refractivity contribution is 7.14. The second kappa shape index (κ2) is 7.50. The number of hydrogen-bond acceptors (Lipinski definition) is 6. The van der Waals surface area contributed by atoms with Crippen molar-refractivity contribution < 1.29 is 4.79 Å². The molecule has 3 aromatic rings. The van der Waals surface area contributed by atoms with Crippen molar-refractivity contribution in [3.63, 3.8) is 0 Å². The third kappa shape index (κ3) is 3.72. The summed E-state index contributed by atoms with van der Waals surface area (Å²) in [6.07, 6.45) is 1.81. The summed E-state index contributed by atoms with van der Waals surface area (Å²) in [6, 6.07) is 7.73. The maximum atomic E-state index is 12.5. The number of piperazine rings is 1. The molecular weight excluding hydrogens is 360 g/mol. The Hall–Kier alpha value is -2.71. The molecule has 1 fully saturated rings. The van der Waals surface area contributed by atoms with Crippen molar-refractivity contribution in [1.82, 2.24) is 19.9 Å². The quantitative estimate of drug-likeness (QED) is 0.726. The number of carbonyl (C=O) groups excluding carboxylic acids is 1. The van der Waals surface area contributed by atoms with Crippen LogP contribution in [0.3, 0.4) is 0 Å². The monoisotopic (exact) mass is 382 g/mol. The van der Waals surface area contributed by atoms with Crippen LogP contribution in [0.25, 0.3) is 5.69 Å². The molecule has 1 saturated heterocycles. The molecule has 2 N–H and O–H groups in total. The highest BCUT2D eigenvalue weighted by Crippen LogP contribution is 2.22. The van der Waals surface area contributed by atoms with Gasteiger partial charge in [0.25, 0.3) is 5.91 Å². The minimum absolute atomic E-state index is 0.185. The Morgan fingerprint density at radius 3 is 2.59 bits per heavy atom. The first-order chi connectivity index (χ1) is 13.1. The van der Waals surface area contributed by atoms with Gasteiger partial charge in [0.15, 0.2) is 5.13 Å².